The summed E-state index contributed by atoms with van der Waals surface area (Å²) in [4.78, 5) is 80.6. The van der Waals surface area contributed by atoms with Crippen LogP contribution in [0.15, 0.2) is 4.99 Å². The van der Waals surface area contributed by atoms with E-state index in [4.69, 9.17) is 17.2 Å². The Bertz CT molecular complexity index is 1010. The molecular weight excluding hydrogens is 552 g/mol. The quantitative estimate of drug-likeness (QED) is 0.0519. The molecule has 1 saturated heterocycles. The van der Waals surface area contributed by atoms with E-state index in [2.05, 4.69) is 20.9 Å². The molecule has 4 amide bonds. The van der Waals surface area contributed by atoms with Gasteiger partial charge in [0.2, 0.25) is 23.6 Å². The van der Waals surface area contributed by atoms with Crippen molar-refractivity contribution in [1.29, 1.82) is 0 Å². The number of hydrogen-bond donors (Lipinski definition) is 8. The minimum Gasteiger partial charge on any atom is -0.481 e. The standard InChI is InChI=1S/C26H46N8O8/c1-13(2)11-17(25(41)42)33-21(37)15(7-5-9-30-26(28)29)31-22(38)18-8-6-10-34(18)24(40)16(12-19(35)36)32-23(39)20(27)14(3)4/h13-18,20H,5-12,27H2,1-4H3,(H,31,38)(H,32,39)(H,33,37)(H,35,36)(H,41,42)(H4,28,29,30). The zero-order chi connectivity index (χ0) is 32.1. The molecule has 5 atom stereocenters. The van der Waals surface area contributed by atoms with E-state index in [9.17, 15) is 39.0 Å². The molecule has 42 heavy (non-hydrogen) atoms. The highest BCUT2D eigenvalue weighted by atomic mass is 16.4. The Kier molecular flexibility index (Phi) is 14.7. The van der Waals surface area contributed by atoms with E-state index in [1.165, 1.54) is 4.90 Å². The van der Waals surface area contributed by atoms with Gasteiger partial charge in [-0.05, 0) is 43.9 Å². The molecule has 1 rings (SSSR count). The summed E-state index contributed by atoms with van der Waals surface area (Å²) in [5.41, 5.74) is 16.5. The highest BCUT2D eigenvalue weighted by molar-refractivity contribution is 5.97. The minimum atomic E-state index is -1.46. The van der Waals surface area contributed by atoms with Gasteiger partial charge in [-0.3, -0.25) is 29.0 Å². The van der Waals surface area contributed by atoms with Crippen molar-refractivity contribution in [2.45, 2.75) is 96.4 Å². The summed E-state index contributed by atoms with van der Waals surface area (Å²) in [7, 11) is 0. The lowest BCUT2D eigenvalue weighted by Gasteiger charge is -2.30. The molecule has 0 spiro atoms. The van der Waals surface area contributed by atoms with Gasteiger partial charge in [-0.1, -0.05) is 27.7 Å². The van der Waals surface area contributed by atoms with Crippen molar-refractivity contribution in [3.05, 3.63) is 0 Å². The molecule has 0 aromatic rings. The van der Waals surface area contributed by atoms with Crippen molar-refractivity contribution >= 4 is 41.5 Å². The second-order valence-corrected chi connectivity index (χ2v) is 11.2. The topological polar surface area (TPSA) is 273 Å². The van der Waals surface area contributed by atoms with Gasteiger partial charge in [0, 0.05) is 13.1 Å². The average Bonchev–Trinajstić information content (AvgIpc) is 3.37. The van der Waals surface area contributed by atoms with E-state index in [0.29, 0.717) is 6.42 Å². The molecule has 1 aliphatic rings. The van der Waals surface area contributed by atoms with Crippen molar-refractivity contribution < 1.29 is 39.0 Å². The van der Waals surface area contributed by atoms with Gasteiger partial charge in [0.05, 0.1) is 12.5 Å². The van der Waals surface area contributed by atoms with Crippen LogP contribution in [0.25, 0.3) is 0 Å². The van der Waals surface area contributed by atoms with Crippen LogP contribution in [-0.2, 0) is 28.8 Å². The third kappa shape index (κ3) is 11.9. The molecule has 5 unspecified atom stereocenters. The Morgan fingerprint density at radius 1 is 0.929 bits per heavy atom. The van der Waals surface area contributed by atoms with E-state index in [0.717, 1.165) is 0 Å². The zero-order valence-electron chi connectivity index (χ0n) is 24.7. The molecule has 238 valence electrons. The number of aliphatic imine (C=N–C) groups is 1. The number of hydrogen-bond acceptors (Lipinski definition) is 8. The number of nitrogens with two attached hydrogens (primary N) is 3. The first-order valence-electron chi connectivity index (χ1n) is 14.0. The third-order valence-electron chi connectivity index (χ3n) is 6.75. The lowest BCUT2D eigenvalue weighted by atomic mass is 10.0. The first-order valence-corrected chi connectivity index (χ1v) is 14.0. The largest absolute Gasteiger partial charge is 0.481 e. The molecule has 1 aliphatic heterocycles. The van der Waals surface area contributed by atoms with Crippen LogP contribution >= 0.6 is 0 Å². The Morgan fingerprint density at radius 3 is 2.07 bits per heavy atom. The summed E-state index contributed by atoms with van der Waals surface area (Å²) in [5.74, 6) is -5.89. The summed E-state index contributed by atoms with van der Waals surface area (Å²) in [5, 5.41) is 26.4. The van der Waals surface area contributed by atoms with Crippen LogP contribution in [0.2, 0.25) is 0 Å². The number of carbonyl (C=O) groups excluding carboxylic acids is 4. The third-order valence-corrected chi connectivity index (χ3v) is 6.75. The van der Waals surface area contributed by atoms with Crippen LogP contribution in [0.5, 0.6) is 0 Å². The van der Waals surface area contributed by atoms with Gasteiger partial charge >= 0.3 is 11.9 Å². The highest BCUT2D eigenvalue weighted by Gasteiger charge is 2.40. The lowest BCUT2D eigenvalue weighted by Crippen LogP contribution is -2.58. The fraction of sp³-hybridized carbons (Fsp3) is 0.731. The van der Waals surface area contributed by atoms with E-state index in [1.807, 2.05) is 0 Å². The fourth-order valence-electron chi connectivity index (χ4n) is 4.45. The Balaban J connectivity index is 3.13. The molecule has 16 heteroatoms. The summed E-state index contributed by atoms with van der Waals surface area (Å²) in [6.45, 7) is 7.28. The van der Waals surface area contributed by atoms with Gasteiger partial charge in [0.15, 0.2) is 5.96 Å². The van der Waals surface area contributed by atoms with Crippen LogP contribution < -0.4 is 33.2 Å². The van der Waals surface area contributed by atoms with Gasteiger partial charge in [-0.25, -0.2) is 4.79 Å². The molecule has 1 fully saturated rings. The molecule has 16 nitrogen and oxygen atoms in total. The second kappa shape index (κ2) is 17.1. The number of nitrogens with zero attached hydrogens (tertiary/aromatic N) is 2. The monoisotopic (exact) mass is 598 g/mol. The van der Waals surface area contributed by atoms with Gasteiger partial charge in [0.25, 0.3) is 0 Å². The minimum absolute atomic E-state index is 0.0336. The maximum Gasteiger partial charge on any atom is 0.326 e. The number of rotatable bonds is 17. The van der Waals surface area contributed by atoms with Crippen LogP contribution in [-0.4, -0.2) is 99.9 Å². The number of amides is 4. The molecule has 11 N–H and O–H groups in total. The van der Waals surface area contributed by atoms with E-state index >= 15 is 0 Å². The van der Waals surface area contributed by atoms with Gasteiger partial charge in [-0.15, -0.1) is 0 Å². The number of guanidine groups is 1. The van der Waals surface area contributed by atoms with Crippen LogP contribution in [0, 0.1) is 11.8 Å². The number of aliphatic carboxylic acids is 2. The van der Waals surface area contributed by atoms with Crippen LogP contribution in [0.3, 0.4) is 0 Å². The number of likely N-dealkylation sites (tertiary alicyclic amines) is 1. The molecule has 0 bridgehead atoms. The molecule has 0 radical (unpaired) electrons. The van der Waals surface area contributed by atoms with Gasteiger partial charge in [-0.2, -0.15) is 0 Å². The van der Waals surface area contributed by atoms with Crippen molar-refractivity contribution in [1.82, 2.24) is 20.9 Å². The van der Waals surface area contributed by atoms with Crippen molar-refractivity contribution in [2.75, 3.05) is 13.1 Å². The maximum absolute atomic E-state index is 13.4. The van der Waals surface area contributed by atoms with Crippen molar-refractivity contribution in [2.24, 2.45) is 34.0 Å². The molecule has 0 aromatic heterocycles. The fourth-order valence-corrected chi connectivity index (χ4v) is 4.45. The summed E-state index contributed by atoms with van der Waals surface area (Å²) < 4.78 is 0. The SMILES string of the molecule is CC(C)CC(NC(=O)C(CCCN=C(N)N)NC(=O)C1CCCN1C(=O)C(CC(=O)O)NC(=O)C(N)C(C)C)C(=O)O. The summed E-state index contributed by atoms with van der Waals surface area (Å²) in [6.07, 6.45) is 0.423. The summed E-state index contributed by atoms with van der Waals surface area (Å²) in [6, 6.07) is -5.84. The summed E-state index contributed by atoms with van der Waals surface area (Å²) >= 11 is 0. The molecule has 0 saturated carbocycles. The first-order chi connectivity index (χ1) is 19.5. The van der Waals surface area contributed by atoms with E-state index in [1.54, 1.807) is 27.7 Å². The zero-order valence-corrected chi connectivity index (χ0v) is 24.7. The normalized spacial score (nSPS) is 17.6. The number of carboxylic acids is 2. The van der Waals surface area contributed by atoms with Gasteiger partial charge in [0.1, 0.15) is 24.2 Å². The Hall–Kier alpha value is -3.95. The van der Waals surface area contributed by atoms with Crippen molar-refractivity contribution in [3.63, 3.8) is 0 Å². The predicted octanol–water partition coefficient (Wildman–Crippen LogP) is -1.93. The number of carbonyl (C=O) groups is 6. The molecule has 0 aliphatic carbocycles. The van der Waals surface area contributed by atoms with E-state index in [-0.39, 0.29) is 56.6 Å². The predicted molar refractivity (Wildman–Crippen MR) is 153 cm³/mol. The average molecular weight is 599 g/mol. The van der Waals surface area contributed by atoms with Gasteiger partial charge < -0.3 is 48.3 Å². The van der Waals surface area contributed by atoms with Crippen LogP contribution in [0.4, 0.5) is 0 Å². The first kappa shape index (κ1) is 36.1. The number of carboxylic acid groups (broad SMARTS) is 2. The Labute approximate surface area is 245 Å². The second-order valence-electron chi connectivity index (χ2n) is 11.2. The lowest BCUT2D eigenvalue weighted by molar-refractivity contribution is -0.146. The molecule has 0 aromatic carbocycles. The Morgan fingerprint density at radius 2 is 1.55 bits per heavy atom. The van der Waals surface area contributed by atoms with Crippen LogP contribution in [0.1, 0.15) is 66.2 Å². The number of nitrogens with one attached hydrogen (secondary N) is 3. The molecule has 1 heterocycles. The maximum atomic E-state index is 13.4. The molecular formula is C26H46N8O8. The smallest absolute Gasteiger partial charge is 0.326 e. The van der Waals surface area contributed by atoms with E-state index < -0.39 is 72.2 Å². The highest BCUT2D eigenvalue weighted by Crippen LogP contribution is 2.20. The van der Waals surface area contributed by atoms with Crippen molar-refractivity contribution in [3.8, 4) is 0 Å².